The maximum atomic E-state index is 13.4. The number of rotatable bonds is 6. The Bertz CT molecular complexity index is 908. The first-order valence-electron chi connectivity index (χ1n) is 11.4. The van der Waals surface area contributed by atoms with Gasteiger partial charge >= 0.3 is 0 Å². The summed E-state index contributed by atoms with van der Waals surface area (Å²) in [6, 6.07) is 18.6. The van der Waals surface area contributed by atoms with Crippen molar-refractivity contribution in [1.29, 1.82) is 0 Å². The number of ether oxygens (including phenoxy) is 1. The molecule has 2 heterocycles. The van der Waals surface area contributed by atoms with Gasteiger partial charge in [-0.15, -0.1) is 0 Å². The van der Waals surface area contributed by atoms with E-state index in [1.165, 1.54) is 0 Å². The Morgan fingerprint density at radius 1 is 1.10 bits per heavy atom. The molecule has 0 unspecified atom stereocenters. The zero-order chi connectivity index (χ0) is 21.7. The SMILES string of the molecule is CCNC(=O)[C@]1(Cc2ccccc2-c2ccccc2)CCCN(C(=O)[C@@H]2CCCO2)C1. The standard InChI is InChI=1S/C26H32N2O3/c1-2-27-25(30)26(15-9-16-28(19-26)24(29)23-14-8-17-31-23)18-21-12-6-7-13-22(21)20-10-4-3-5-11-20/h3-7,10-13,23H,2,8-9,14-19H2,1H3,(H,27,30)/t23-,26-/m0/s1. The number of nitrogens with one attached hydrogen (secondary N) is 1. The lowest BCUT2D eigenvalue weighted by atomic mass is 9.73. The summed E-state index contributed by atoms with van der Waals surface area (Å²) in [5.41, 5.74) is 2.81. The highest BCUT2D eigenvalue weighted by Gasteiger charge is 2.44. The van der Waals surface area contributed by atoms with Crippen LogP contribution in [0, 0.1) is 5.41 Å². The van der Waals surface area contributed by atoms with Crippen molar-refractivity contribution < 1.29 is 14.3 Å². The van der Waals surface area contributed by atoms with Gasteiger partial charge in [0.2, 0.25) is 5.91 Å². The van der Waals surface area contributed by atoms with E-state index in [0.717, 1.165) is 42.4 Å². The van der Waals surface area contributed by atoms with Gasteiger partial charge in [0, 0.05) is 26.2 Å². The third-order valence-corrected chi connectivity index (χ3v) is 6.54. The van der Waals surface area contributed by atoms with Crippen LogP contribution in [0.3, 0.4) is 0 Å². The monoisotopic (exact) mass is 420 g/mol. The molecule has 2 amide bonds. The number of nitrogens with zero attached hydrogens (tertiary/aromatic N) is 1. The molecule has 31 heavy (non-hydrogen) atoms. The zero-order valence-electron chi connectivity index (χ0n) is 18.3. The summed E-state index contributed by atoms with van der Waals surface area (Å²) in [6.07, 6.45) is 3.57. The number of benzene rings is 2. The molecule has 0 aliphatic carbocycles. The van der Waals surface area contributed by atoms with E-state index in [9.17, 15) is 9.59 Å². The van der Waals surface area contributed by atoms with E-state index in [1.807, 2.05) is 42.2 Å². The molecule has 0 radical (unpaired) electrons. The van der Waals surface area contributed by atoms with Crippen LogP contribution < -0.4 is 5.32 Å². The van der Waals surface area contributed by atoms with Crippen LogP contribution in [0.15, 0.2) is 54.6 Å². The van der Waals surface area contributed by atoms with Gasteiger partial charge < -0.3 is 15.0 Å². The van der Waals surface area contributed by atoms with E-state index in [0.29, 0.717) is 32.7 Å². The van der Waals surface area contributed by atoms with Crippen molar-refractivity contribution in [2.45, 2.75) is 45.1 Å². The first-order valence-corrected chi connectivity index (χ1v) is 11.4. The Morgan fingerprint density at radius 2 is 1.87 bits per heavy atom. The summed E-state index contributed by atoms with van der Waals surface area (Å²) in [4.78, 5) is 28.3. The van der Waals surface area contributed by atoms with E-state index in [4.69, 9.17) is 4.74 Å². The number of likely N-dealkylation sites (tertiary alicyclic amines) is 1. The maximum absolute atomic E-state index is 13.4. The van der Waals surface area contributed by atoms with Gasteiger partial charge in [-0.05, 0) is 55.7 Å². The summed E-state index contributed by atoms with van der Waals surface area (Å²) in [5.74, 6) is 0.0879. The molecule has 2 aliphatic heterocycles. The number of carbonyl (C=O) groups excluding carboxylic acids is 2. The van der Waals surface area contributed by atoms with Gasteiger partial charge in [0.1, 0.15) is 6.10 Å². The van der Waals surface area contributed by atoms with Crippen LogP contribution in [0.1, 0.15) is 38.2 Å². The van der Waals surface area contributed by atoms with Gasteiger partial charge in [-0.1, -0.05) is 54.6 Å². The van der Waals surface area contributed by atoms with Crippen LogP contribution in [0.25, 0.3) is 11.1 Å². The topological polar surface area (TPSA) is 58.6 Å². The van der Waals surface area contributed by atoms with Crippen molar-refractivity contribution in [2.24, 2.45) is 5.41 Å². The normalized spacial score (nSPS) is 23.5. The van der Waals surface area contributed by atoms with Crippen molar-refractivity contribution in [1.82, 2.24) is 10.2 Å². The Hall–Kier alpha value is -2.66. The second kappa shape index (κ2) is 9.65. The second-order valence-electron chi connectivity index (χ2n) is 8.70. The molecule has 164 valence electrons. The summed E-state index contributed by atoms with van der Waals surface area (Å²) < 4.78 is 5.65. The quantitative estimate of drug-likeness (QED) is 0.773. The second-order valence-corrected chi connectivity index (χ2v) is 8.70. The first kappa shape index (κ1) is 21.6. The Labute approximate surface area is 184 Å². The smallest absolute Gasteiger partial charge is 0.251 e. The van der Waals surface area contributed by atoms with E-state index < -0.39 is 5.41 Å². The zero-order valence-corrected chi connectivity index (χ0v) is 18.3. The van der Waals surface area contributed by atoms with Crippen LogP contribution in [0.4, 0.5) is 0 Å². The summed E-state index contributed by atoms with van der Waals surface area (Å²) in [6.45, 7) is 4.32. The molecule has 2 saturated heterocycles. The summed E-state index contributed by atoms with van der Waals surface area (Å²) in [7, 11) is 0. The highest BCUT2D eigenvalue weighted by Crippen LogP contribution is 2.37. The summed E-state index contributed by atoms with van der Waals surface area (Å²) >= 11 is 0. The summed E-state index contributed by atoms with van der Waals surface area (Å²) in [5, 5.41) is 3.06. The van der Waals surface area contributed by atoms with Gasteiger partial charge in [-0.3, -0.25) is 9.59 Å². The van der Waals surface area contributed by atoms with Gasteiger partial charge in [-0.2, -0.15) is 0 Å². The predicted molar refractivity (Wildman–Crippen MR) is 121 cm³/mol. The minimum atomic E-state index is -0.632. The van der Waals surface area contributed by atoms with E-state index in [2.05, 4.69) is 29.6 Å². The van der Waals surface area contributed by atoms with Crippen LogP contribution in [-0.2, 0) is 20.7 Å². The van der Waals surface area contributed by atoms with Gasteiger partial charge in [-0.25, -0.2) is 0 Å². The van der Waals surface area contributed by atoms with Crippen LogP contribution in [0.2, 0.25) is 0 Å². The minimum Gasteiger partial charge on any atom is -0.368 e. The van der Waals surface area contributed by atoms with Gasteiger partial charge in [0.15, 0.2) is 0 Å². The molecule has 1 N–H and O–H groups in total. The first-order chi connectivity index (χ1) is 15.1. The Kier molecular flexibility index (Phi) is 6.71. The molecule has 5 nitrogen and oxygen atoms in total. The van der Waals surface area contributed by atoms with E-state index >= 15 is 0 Å². The lowest BCUT2D eigenvalue weighted by Gasteiger charge is -2.42. The molecule has 2 aromatic rings. The molecule has 2 fully saturated rings. The average molecular weight is 421 g/mol. The molecule has 0 saturated carbocycles. The molecule has 0 bridgehead atoms. The van der Waals surface area contributed by atoms with E-state index in [1.54, 1.807) is 0 Å². The fourth-order valence-corrected chi connectivity index (χ4v) is 4.99. The molecule has 2 aromatic carbocycles. The van der Waals surface area contributed by atoms with Crippen LogP contribution in [-0.4, -0.2) is 49.1 Å². The van der Waals surface area contributed by atoms with Gasteiger partial charge in [0.25, 0.3) is 5.91 Å². The predicted octanol–water partition coefficient (Wildman–Crippen LogP) is 3.82. The molecule has 5 heteroatoms. The lowest BCUT2D eigenvalue weighted by molar-refractivity contribution is -0.148. The molecule has 2 aliphatic rings. The average Bonchev–Trinajstić information content (AvgIpc) is 3.35. The third-order valence-electron chi connectivity index (χ3n) is 6.54. The fourth-order valence-electron chi connectivity index (χ4n) is 4.99. The number of amides is 2. The molecular weight excluding hydrogens is 388 g/mol. The third kappa shape index (κ3) is 4.67. The van der Waals surface area contributed by atoms with Crippen molar-refractivity contribution in [3.63, 3.8) is 0 Å². The van der Waals surface area contributed by atoms with Crippen molar-refractivity contribution in [3.8, 4) is 11.1 Å². The minimum absolute atomic E-state index is 0.0437. The molecular formula is C26H32N2O3. The largest absolute Gasteiger partial charge is 0.368 e. The Balaban J connectivity index is 1.65. The van der Waals surface area contributed by atoms with Crippen molar-refractivity contribution in [2.75, 3.05) is 26.2 Å². The van der Waals surface area contributed by atoms with Crippen molar-refractivity contribution in [3.05, 3.63) is 60.2 Å². The molecule has 2 atom stereocenters. The lowest BCUT2D eigenvalue weighted by Crippen LogP contribution is -2.56. The molecule has 4 rings (SSSR count). The van der Waals surface area contributed by atoms with Gasteiger partial charge in [0.05, 0.1) is 5.41 Å². The number of carbonyl (C=O) groups is 2. The number of hydrogen-bond donors (Lipinski definition) is 1. The molecule has 0 spiro atoms. The molecule has 0 aromatic heterocycles. The highest BCUT2D eigenvalue weighted by molar-refractivity contribution is 5.86. The number of piperidine rings is 1. The Morgan fingerprint density at radius 3 is 2.61 bits per heavy atom. The van der Waals surface area contributed by atoms with Crippen LogP contribution >= 0.6 is 0 Å². The maximum Gasteiger partial charge on any atom is 0.251 e. The van der Waals surface area contributed by atoms with E-state index in [-0.39, 0.29) is 17.9 Å². The van der Waals surface area contributed by atoms with Crippen LogP contribution in [0.5, 0.6) is 0 Å². The highest BCUT2D eigenvalue weighted by atomic mass is 16.5. The number of hydrogen-bond acceptors (Lipinski definition) is 3. The van der Waals surface area contributed by atoms with Crippen molar-refractivity contribution >= 4 is 11.8 Å². The fraction of sp³-hybridized carbons (Fsp3) is 0.462.